The molecule has 0 spiro atoms. The molecule has 0 aromatic heterocycles. The van der Waals surface area contributed by atoms with Crippen molar-refractivity contribution < 1.29 is 14.5 Å². The quantitative estimate of drug-likeness (QED) is 0.202. The second-order valence-corrected chi connectivity index (χ2v) is 9.34. The number of halogens is 2. The fraction of sp³-hybridized carbons (Fsp3) is 0.158. The molecule has 150 valence electrons. The third-order valence-electron chi connectivity index (χ3n) is 4.04. The molecule has 2 aromatic carbocycles. The van der Waals surface area contributed by atoms with Gasteiger partial charge in [0.15, 0.2) is 5.17 Å². The minimum absolute atomic E-state index is 0.0524. The number of nitro groups is 1. The van der Waals surface area contributed by atoms with Crippen LogP contribution < -0.4 is 4.74 Å². The molecule has 0 unspecified atom stereocenters. The van der Waals surface area contributed by atoms with Crippen LogP contribution in [-0.4, -0.2) is 35.0 Å². The summed E-state index contributed by atoms with van der Waals surface area (Å²) < 4.78 is 7.77. The van der Waals surface area contributed by atoms with Crippen LogP contribution in [0.15, 0.2) is 46.3 Å². The molecule has 0 atom stereocenters. The largest absolute Gasteiger partial charge is 0.487 e. The fourth-order valence-corrected chi connectivity index (χ4v) is 5.63. The Hall–Kier alpha value is -1.67. The number of non-ortho nitro benzene ring substituents is 1. The number of amides is 1. The van der Waals surface area contributed by atoms with Gasteiger partial charge in [0.05, 0.1) is 17.0 Å². The molecular formula is C19H15I2N3O4S. The molecule has 2 aromatic rings. The van der Waals surface area contributed by atoms with Crippen molar-refractivity contribution in [2.45, 2.75) is 6.61 Å². The minimum atomic E-state index is -0.426. The summed E-state index contributed by atoms with van der Waals surface area (Å²) in [7, 11) is 3.37. The van der Waals surface area contributed by atoms with E-state index in [1.807, 2.05) is 18.2 Å². The predicted molar refractivity (Wildman–Crippen MR) is 131 cm³/mol. The van der Waals surface area contributed by atoms with Crippen molar-refractivity contribution >= 4 is 79.8 Å². The molecule has 1 aliphatic rings. The van der Waals surface area contributed by atoms with E-state index in [-0.39, 0.29) is 11.6 Å². The normalized spacial score (nSPS) is 16.7. The zero-order valence-corrected chi connectivity index (χ0v) is 20.5. The molecule has 0 N–H and O–H groups in total. The first kappa shape index (κ1) is 22.0. The van der Waals surface area contributed by atoms with Crippen LogP contribution in [0.1, 0.15) is 11.1 Å². The molecule has 1 fully saturated rings. The molecule has 3 rings (SSSR count). The van der Waals surface area contributed by atoms with Gasteiger partial charge in [-0.1, -0.05) is 0 Å². The first-order chi connectivity index (χ1) is 13.8. The number of nitro benzene ring substituents is 1. The van der Waals surface area contributed by atoms with Crippen LogP contribution in [0.2, 0.25) is 0 Å². The van der Waals surface area contributed by atoms with Gasteiger partial charge in [0.2, 0.25) is 0 Å². The molecule has 1 amide bonds. The molecule has 10 heteroatoms. The number of ether oxygens (including phenoxy) is 1. The number of benzene rings is 2. The van der Waals surface area contributed by atoms with Gasteiger partial charge in [-0.3, -0.25) is 24.8 Å². The lowest BCUT2D eigenvalue weighted by atomic mass is 10.2. The zero-order valence-electron chi connectivity index (χ0n) is 15.4. The summed E-state index contributed by atoms with van der Waals surface area (Å²) in [5, 5.41) is 11.4. The standard InChI is InChI=1S/C19H15I2N3O4S/c1-22-19-23(2)18(25)16(29-19)9-12-7-14(20)17(15(21)8-12)28-10-11-3-5-13(6-4-11)24(26)27/h3-9H,10H2,1-2H3/b16-9-,22-19?. The number of nitrogens with zero attached hydrogens (tertiary/aromatic N) is 3. The highest BCUT2D eigenvalue weighted by Crippen LogP contribution is 2.34. The summed E-state index contributed by atoms with van der Waals surface area (Å²) in [5.74, 6) is 0.671. The highest BCUT2D eigenvalue weighted by molar-refractivity contribution is 14.1. The monoisotopic (exact) mass is 635 g/mol. The van der Waals surface area contributed by atoms with Gasteiger partial charge in [-0.15, -0.1) is 0 Å². The van der Waals surface area contributed by atoms with E-state index in [9.17, 15) is 14.9 Å². The maximum absolute atomic E-state index is 12.3. The second-order valence-electron chi connectivity index (χ2n) is 6.01. The van der Waals surface area contributed by atoms with Crippen molar-refractivity contribution in [3.05, 3.63) is 69.7 Å². The third-order valence-corrected chi connectivity index (χ3v) is 6.80. The minimum Gasteiger partial charge on any atom is -0.487 e. The van der Waals surface area contributed by atoms with E-state index in [0.717, 1.165) is 24.0 Å². The molecule has 1 aliphatic heterocycles. The predicted octanol–water partition coefficient (Wildman–Crippen LogP) is 4.91. The zero-order chi connectivity index (χ0) is 21.1. The first-order valence-electron chi connectivity index (χ1n) is 8.29. The smallest absolute Gasteiger partial charge is 0.269 e. The molecule has 0 aliphatic carbocycles. The van der Waals surface area contributed by atoms with Gasteiger partial charge in [0.25, 0.3) is 11.6 Å². The van der Waals surface area contributed by atoms with Crippen LogP contribution in [0.25, 0.3) is 6.08 Å². The maximum atomic E-state index is 12.3. The van der Waals surface area contributed by atoms with Gasteiger partial charge >= 0.3 is 0 Å². The number of carbonyl (C=O) groups is 1. The fourth-order valence-electron chi connectivity index (χ4n) is 2.57. The number of thioether (sulfide) groups is 1. The molecule has 1 saturated heterocycles. The van der Waals surface area contributed by atoms with E-state index < -0.39 is 4.92 Å². The van der Waals surface area contributed by atoms with Crippen LogP contribution in [0.4, 0.5) is 5.69 Å². The Bertz CT molecular complexity index is 1020. The van der Waals surface area contributed by atoms with Crippen molar-refractivity contribution in [2.24, 2.45) is 4.99 Å². The van der Waals surface area contributed by atoms with Gasteiger partial charge < -0.3 is 4.74 Å². The Labute approximate surface area is 199 Å². The summed E-state index contributed by atoms with van der Waals surface area (Å²) in [5.41, 5.74) is 1.80. The van der Waals surface area contributed by atoms with E-state index in [1.165, 1.54) is 28.8 Å². The Balaban J connectivity index is 1.77. The third kappa shape index (κ3) is 5.09. The first-order valence-corrected chi connectivity index (χ1v) is 11.3. The lowest BCUT2D eigenvalue weighted by molar-refractivity contribution is -0.384. The van der Waals surface area contributed by atoms with E-state index in [4.69, 9.17) is 4.74 Å². The van der Waals surface area contributed by atoms with Crippen molar-refractivity contribution in [2.75, 3.05) is 14.1 Å². The average Bonchev–Trinajstić information content (AvgIpc) is 2.95. The number of likely N-dealkylation sites (N-methyl/N-ethyl adjacent to an activating group) is 1. The molecule has 0 radical (unpaired) electrons. The highest BCUT2D eigenvalue weighted by Gasteiger charge is 2.29. The van der Waals surface area contributed by atoms with Gasteiger partial charge in [-0.25, -0.2) is 0 Å². The summed E-state index contributed by atoms with van der Waals surface area (Å²) in [4.78, 5) is 28.9. The average molecular weight is 635 g/mol. The molecule has 29 heavy (non-hydrogen) atoms. The van der Waals surface area contributed by atoms with Crippen molar-refractivity contribution in [1.82, 2.24) is 4.90 Å². The SMILES string of the molecule is CN=C1S/C(=C\c2cc(I)c(OCc3ccc([N+](=O)[O-])cc3)c(I)c2)C(=O)N1C. The number of carbonyl (C=O) groups excluding carboxylic acids is 1. The molecule has 0 saturated carbocycles. The second kappa shape index (κ2) is 9.43. The molecular weight excluding hydrogens is 620 g/mol. The van der Waals surface area contributed by atoms with Crippen LogP contribution in [-0.2, 0) is 11.4 Å². The Morgan fingerprint density at radius 1 is 1.24 bits per heavy atom. The summed E-state index contributed by atoms with van der Waals surface area (Å²) in [6, 6.07) is 10.2. The molecule has 7 nitrogen and oxygen atoms in total. The summed E-state index contributed by atoms with van der Waals surface area (Å²) in [6.07, 6.45) is 1.85. The van der Waals surface area contributed by atoms with E-state index in [0.29, 0.717) is 16.7 Å². The van der Waals surface area contributed by atoms with E-state index in [2.05, 4.69) is 50.2 Å². The van der Waals surface area contributed by atoms with Crippen molar-refractivity contribution in [1.29, 1.82) is 0 Å². The molecule has 0 bridgehead atoms. The number of amidine groups is 1. The van der Waals surface area contributed by atoms with Crippen molar-refractivity contribution in [3.8, 4) is 5.75 Å². The van der Waals surface area contributed by atoms with Gasteiger partial charge in [-0.05, 0) is 98.4 Å². The van der Waals surface area contributed by atoms with Crippen LogP contribution in [0.3, 0.4) is 0 Å². The number of hydrogen-bond donors (Lipinski definition) is 0. The Kier molecular flexibility index (Phi) is 7.16. The van der Waals surface area contributed by atoms with Crippen LogP contribution in [0, 0.1) is 17.3 Å². The van der Waals surface area contributed by atoms with Crippen LogP contribution >= 0.6 is 56.9 Å². The van der Waals surface area contributed by atoms with Crippen LogP contribution in [0.5, 0.6) is 5.75 Å². The Morgan fingerprint density at radius 2 is 1.86 bits per heavy atom. The maximum Gasteiger partial charge on any atom is 0.269 e. The Morgan fingerprint density at radius 3 is 2.38 bits per heavy atom. The van der Waals surface area contributed by atoms with Gasteiger partial charge in [-0.2, -0.15) is 0 Å². The van der Waals surface area contributed by atoms with E-state index in [1.54, 1.807) is 26.2 Å². The van der Waals surface area contributed by atoms with Crippen molar-refractivity contribution in [3.63, 3.8) is 0 Å². The summed E-state index contributed by atoms with van der Waals surface area (Å²) in [6.45, 7) is 0.305. The number of rotatable bonds is 5. The topological polar surface area (TPSA) is 85.0 Å². The van der Waals surface area contributed by atoms with Gasteiger partial charge in [0, 0.05) is 26.2 Å². The highest BCUT2D eigenvalue weighted by atomic mass is 127. The van der Waals surface area contributed by atoms with Gasteiger partial charge in [0.1, 0.15) is 12.4 Å². The van der Waals surface area contributed by atoms with E-state index >= 15 is 0 Å². The molecule has 1 heterocycles. The summed E-state index contributed by atoms with van der Waals surface area (Å²) >= 11 is 5.75. The number of hydrogen-bond acceptors (Lipinski definition) is 6. The number of aliphatic imine (C=N–C) groups is 1. The lowest BCUT2D eigenvalue weighted by Crippen LogP contribution is -2.23. The lowest BCUT2D eigenvalue weighted by Gasteiger charge is -2.12.